The number of rotatable bonds is 3. The minimum absolute atomic E-state index is 0.882. The molecule has 1 heterocycles. The number of aryl methyl sites for hydroxylation is 2. The molecule has 2 nitrogen and oxygen atoms in total. The van der Waals surface area contributed by atoms with Gasteiger partial charge in [-0.3, -0.25) is 4.90 Å². The molecule has 2 rings (SSSR count). The highest BCUT2D eigenvalue weighted by Gasteiger charge is 2.10. The molecule has 0 aromatic heterocycles. The van der Waals surface area contributed by atoms with Gasteiger partial charge in [-0.1, -0.05) is 17.7 Å². The lowest BCUT2D eigenvalue weighted by molar-refractivity contribution is 0.0474. The summed E-state index contributed by atoms with van der Waals surface area (Å²) in [6.45, 7) is 8.23. The largest absolute Gasteiger partial charge is 0.379 e. The van der Waals surface area contributed by atoms with Crippen LogP contribution >= 0.6 is 11.8 Å². The van der Waals surface area contributed by atoms with Gasteiger partial charge in [0, 0.05) is 23.9 Å². The molecule has 0 N–H and O–H groups in total. The highest BCUT2D eigenvalue weighted by atomic mass is 32.2. The quantitative estimate of drug-likeness (QED) is 0.750. The van der Waals surface area contributed by atoms with Crippen molar-refractivity contribution < 1.29 is 4.74 Å². The van der Waals surface area contributed by atoms with E-state index in [9.17, 15) is 0 Å². The number of ether oxygens (including phenoxy) is 1. The van der Waals surface area contributed by atoms with Crippen LogP contribution in [0.3, 0.4) is 0 Å². The van der Waals surface area contributed by atoms with Gasteiger partial charge in [-0.25, -0.2) is 0 Å². The van der Waals surface area contributed by atoms with E-state index in [2.05, 4.69) is 36.9 Å². The van der Waals surface area contributed by atoms with Crippen LogP contribution in [0, 0.1) is 13.8 Å². The molecule has 1 saturated heterocycles. The average Bonchev–Trinajstić information content (AvgIpc) is 2.32. The van der Waals surface area contributed by atoms with Crippen molar-refractivity contribution in [2.75, 3.05) is 32.2 Å². The van der Waals surface area contributed by atoms with E-state index in [4.69, 9.17) is 4.74 Å². The van der Waals surface area contributed by atoms with Crippen LogP contribution in [-0.4, -0.2) is 37.1 Å². The summed E-state index contributed by atoms with van der Waals surface area (Å²) in [5.41, 5.74) is 2.72. The van der Waals surface area contributed by atoms with Crippen molar-refractivity contribution in [1.82, 2.24) is 4.90 Å². The van der Waals surface area contributed by atoms with E-state index in [0.29, 0.717) is 0 Å². The first-order valence-electron chi connectivity index (χ1n) is 5.76. The maximum absolute atomic E-state index is 5.34. The van der Waals surface area contributed by atoms with Gasteiger partial charge in [0.25, 0.3) is 0 Å². The molecule has 1 aliphatic heterocycles. The summed E-state index contributed by atoms with van der Waals surface area (Å²) < 4.78 is 5.34. The van der Waals surface area contributed by atoms with Crippen molar-refractivity contribution in [3.05, 3.63) is 29.3 Å². The van der Waals surface area contributed by atoms with Crippen molar-refractivity contribution in [3.63, 3.8) is 0 Å². The Bertz CT molecular complexity index is 348. The Kier molecular flexibility index (Phi) is 4.27. The molecule has 1 fully saturated rings. The van der Waals surface area contributed by atoms with Crippen molar-refractivity contribution in [2.45, 2.75) is 18.7 Å². The third kappa shape index (κ3) is 3.24. The first-order valence-corrected chi connectivity index (χ1v) is 6.74. The van der Waals surface area contributed by atoms with Crippen LogP contribution in [0.5, 0.6) is 0 Å². The second kappa shape index (κ2) is 5.71. The number of morpholine rings is 1. The minimum Gasteiger partial charge on any atom is -0.379 e. The fourth-order valence-electron chi connectivity index (χ4n) is 1.75. The average molecular weight is 237 g/mol. The Hall–Kier alpha value is -0.510. The lowest BCUT2D eigenvalue weighted by Gasteiger charge is -2.26. The fourth-order valence-corrected chi connectivity index (χ4v) is 2.90. The zero-order valence-corrected chi connectivity index (χ0v) is 10.8. The summed E-state index contributed by atoms with van der Waals surface area (Å²) >= 11 is 1.94. The molecule has 16 heavy (non-hydrogen) atoms. The molecule has 1 aliphatic rings. The second-order valence-corrected chi connectivity index (χ2v) is 5.26. The molecule has 1 aromatic rings. The van der Waals surface area contributed by atoms with Gasteiger partial charge in [-0.05, 0) is 25.5 Å². The molecule has 0 unspecified atom stereocenters. The van der Waals surface area contributed by atoms with E-state index in [0.717, 1.165) is 32.2 Å². The van der Waals surface area contributed by atoms with Gasteiger partial charge in [0.15, 0.2) is 0 Å². The van der Waals surface area contributed by atoms with Gasteiger partial charge in [0.2, 0.25) is 0 Å². The van der Waals surface area contributed by atoms with Gasteiger partial charge in [-0.15, -0.1) is 11.8 Å². The van der Waals surface area contributed by atoms with E-state index in [-0.39, 0.29) is 0 Å². The zero-order valence-electron chi connectivity index (χ0n) is 10.0. The van der Waals surface area contributed by atoms with Crippen LogP contribution < -0.4 is 0 Å². The van der Waals surface area contributed by atoms with E-state index in [1.54, 1.807) is 0 Å². The van der Waals surface area contributed by atoms with Crippen molar-refractivity contribution >= 4 is 11.8 Å². The summed E-state index contributed by atoms with van der Waals surface area (Å²) in [6.07, 6.45) is 0. The number of nitrogens with zero attached hydrogens (tertiary/aromatic N) is 1. The Labute approximate surface area is 102 Å². The number of hydrogen-bond donors (Lipinski definition) is 0. The normalized spacial score (nSPS) is 17.6. The summed E-state index contributed by atoms with van der Waals surface area (Å²) in [5, 5.41) is 0. The first-order chi connectivity index (χ1) is 7.75. The number of thioether (sulfide) groups is 1. The summed E-state index contributed by atoms with van der Waals surface area (Å²) in [6, 6.07) is 6.66. The minimum atomic E-state index is 0.882. The van der Waals surface area contributed by atoms with Gasteiger partial charge < -0.3 is 4.74 Å². The van der Waals surface area contributed by atoms with Crippen LogP contribution in [0.1, 0.15) is 11.1 Å². The van der Waals surface area contributed by atoms with Crippen LogP contribution in [0.2, 0.25) is 0 Å². The second-order valence-electron chi connectivity index (χ2n) is 4.27. The SMILES string of the molecule is Cc1ccc(C)c(SCN2CCOCC2)c1. The van der Waals surface area contributed by atoms with E-state index in [1.165, 1.54) is 16.0 Å². The monoisotopic (exact) mass is 237 g/mol. The molecule has 0 amide bonds. The molecule has 3 heteroatoms. The first kappa shape index (κ1) is 12.0. The lowest BCUT2D eigenvalue weighted by atomic mass is 10.2. The molecule has 1 aromatic carbocycles. The fraction of sp³-hybridized carbons (Fsp3) is 0.538. The Morgan fingerprint density at radius 3 is 2.75 bits per heavy atom. The summed E-state index contributed by atoms with van der Waals surface area (Å²) in [5.74, 6) is 1.08. The lowest BCUT2D eigenvalue weighted by Crippen LogP contribution is -2.35. The van der Waals surface area contributed by atoms with Crippen molar-refractivity contribution in [3.8, 4) is 0 Å². The summed E-state index contributed by atoms with van der Waals surface area (Å²) in [7, 11) is 0. The molecule has 0 bridgehead atoms. The van der Waals surface area contributed by atoms with Crippen LogP contribution in [0.15, 0.2) is 23.1 Å². The molecule has 88 valence electrons. The predicted molar refractivity (Wildman–Crippen MR) is 69.0 cm³/mol. The predicted octanol–water partition coefficient (Wildman–Crippen LogP) is 2.69. The standard InChI is InChI=1S/C13H19NOS/c1-11-3-4-12(2)13(9-11)16-10-14-5-7-15-8-6-14/h3-4,9H,5-8,10H2,1-2H3. The smallest absolute Gasteiger partial charge is 0.0594 e. The maximum Gasteiger partial charge on any atom is 0.0594 e. The van der Waals surface area contributed by atoms with Gasteiger partial charge >= 0.3 is 0 Å². The van der Waals surface area contributed by atoms with Crippen molar-refractivity contribution in [2.24, 2.45) is 0 Å². The highest BCUT2D eigenvalue weighted by molar-refractivity contribution is 7.99. The van der Waals surface area contributed by atoms with Crippen LogP contribution in [-0.2, 0) is 4.74 Å². The molecular formula is C13H19NOS. The number of benzene rings is 1. The van der Waals surface area contributed by atoms with Crippen LogP contribution in [0.4, 0.5) is 0 Å². The molecular weight excluding hydrogens is 218 g/mol. The third-order valence-corrected chi connectivity index (χ3v) is 4.10. The van der Waals surface area contributed by atoms with Crippen LogP contribution in [0.25, 0.3) is 0 Å². The van der Waals surface area contributed by atoms with E-state index >= 15 is 0 Å². The Morgan fingerprint density at radius 1 is 1.25 bits per heavy atom. The molecule has 0 saturated carbocycles. The van der Waals surface area contributed by atoms with Gasteiger partial charge in [0.1, 0.15) is 0 Å². The summed E-state index contributed by atoms with van der Waals surface area (Å²) in [4.78, 5) is 3.86. The maximum atomic E-state index is 5.34. The highest BCUT2D eigenvalue weighted by Crippen LogP contribution is 2.24. The molecule has 0 radical (unpaired) electrons. The molecule has 0 aliphatic carbocycles. The Morgan fingerprint density at radius 2 is 2.00 bits per heavy atom. The number of hydrogen-bond acceptors (Lipinski definition) is 3. The molecule has 0 spiro atoms. The topological polar surface area (TPSA) is 12.5 Å². The Balaban J connectivity index is 1.90. The third-order valence-electron chi connectivity index (χ3n) is 2.85. The van der Waals surface area contributed by atoms with Crippen molar-refractivity contribution in [1.29, 1.82) is 0 Å². The van der Waals surface area contributed by atoms with E-state index in [1.807, 2.05) is 11.8 Å². The zero-order chi connectivity index (χ0) is 11.4. The van der Waals surface area contributed by atoms with Gasteiger partial charge in [0.05, 0.1) is 13.2 Å². The van der Waals surface area contributed by atoms with E-state index < -0.39 is 0 Å². The molecule has 0 atom stereocenters. The van der Waals surface area contributed by atoms with Gasteiger partial charge in [-0.2, -0.15) is 0 Å².